The number of urea groups is 1. The van der Waals surface area contributed by atoms with Crippen molar-refractivity contribution in [1.82, 2.24) is 19.4 Å². The fourth-order valence-corrected chi connectivity index (χ4v) is 3.71. The van der Waals surface area contributed by atoms with Crippen LogP contribution in [0, 0.1) is 5.92 Å². The van der Waals surface area contributed by atoms with Crippen LogP contribution in [0.2, 0.25) is 0 Å². The first-order valence-electron chi connectivity index (χ1n) is 8.99. The normalized spacial score (nSPS) is 18.7. The largest absolute Gasteiger partial charge is 0.325 e. The van der Waals surface area contributed by atoms with E-state index in [2.05, 4.69) is 10.4 Å². The Morgan fingerprint density at radius 1 is 1.04 bits per heavy atom. The van der Waals surface area contributed by atoms with E-state index in [4.69, 9.17) is 0 Å². The highest BCUT2D eigenvalue weighted by Gasteiger charge is 2.30. The molecule has 2 aliphatic heterocycles. The molecule has 2 aromatic rings. The Bertz CT molecular complexity index is 773. The van der Waals surface area contributed by atoms with Gasteiger partial charge >= 0.3 is 6.03 Å². The lowest BCUT2D eigenvalue weighted by Gasteiger charge is -2.34. The van der Waals surface area contributed by atoms with Crippen LogP contribution < -0.4 is 5.32 Å². The highest BCUT2D eigenvalue weighted by Crippen LogP contribution is 2.23. The standard InChI is InChI=1S/C18H23N5O2/c24-17(20-15-13-19-23-10-2-1-5-16(15)23)14-6-11-22(12-7-14)18(25)21-8-3-4-9-21/h1-2,5,10,13-14H,3-4,6-9,11-12H2,(H,20,24). The van der Waals surface area contributed by atoms with E-state index in [0.717, 1.165) is 37.1 Å². The molecule has 0 spiro atoms. The summed E-state index contributed by atoms with van der Waals surface area (Å²) in [6, 6.07) is 5.90. The van der Waals surface area contributed by atoms with Gasteiger partial charge in [-0.05, 0) is 37.8 Å². The first-order valence-corrected chi connectivity index (χ1v) is 8.99. The molecule has 0 atom stereocenters. The summed E-state index contributed by atoms with van der Waals surface area (Å²) >= 11 is 0. The van der Waals surface area contributed by atoms with Gasteiger partial charge in [-0.1, -0.05) is 6.07 Å². The number of fused-ring (bicyclic) bond motifs is 1. The summed E-state index contributed by atoms with van der Waals surface area (Å²) in [5.41, 5.74) is 1.62. The van der Waals surface area contributed by atoms with Crippen molar-refractivity contribution in [2.24, 2.45) is 5.92 Å². The third-order valence-electron chi connectivity index (χ3n) is 5.20. The summed E-state index contributed by atoms with van der Waals surface area (Å²) in [6.45, 7) is 3.05. The van der Waals surface area contributed by atoms with Crippen LogP contribution in [0.15, 0.2) is 30.6 Å². The van der Waals surface area contributed by atoms with Crippen molar-refractivity contribution in [3.05, 3.63) is 30.6 Å². The van der Waals surface area contributed by atoms with Crippen molar-refractivity contribution in [3.63, 3.8) is 0 Å². The molecule has 3 amide bonds. The van der Waals surface area contributed by atoms with Gasteiger partial charge in [-0.15, -0.1) is 0 Å². The summed E-state index contributed by atoms with van der Waals surface area (Å²) in [5.74, 6) is -0.0340. The van der Waals surface area contributed by atoms with Crippen LogP contribution in [-0.2, 0) is 4.79 Å². The molecular weight excluding hydrogens is 318 g/mol. The van der Waals surface area contributed by atoms with Crippen LogP contribution in [0.1, 0.15) is 25.7 Å². The number of piperidine rings is 1. The molecule has 2 aromatic heterocycles. The molecule has 2 saturated heterocycles. The maximum absolute atomic E-state index is 12.6. The fourth-order valence-electron chi connectivity index (χ4n) is 3.71. The van der Waals surface area contributed by atoms with Gasteiger partial charge in [0.15, 0.2) is 0 Å². The van der Waals surface area contributed by atoms with E-state index in [1.165, 1.54) is 0 Å². The van der Waals surface area contributed by atoms with E-state index in [1.807, 2.05) is 34.2 Å². The van der Waals surface area contributed by atoms with Crippen LogP contribution in [0.4, 0.5) is 10.5 Å². The lowest BCUT2D eigenvalue weighted by atomic mass is 9.96. The topological polar surface area (TPSA) is 70.0 Å². The number of nitrogens with zero attached hydrogens (tertiary/aromatic N) is 4. The van der Waals surface area contributed by atoms with Gasteiger partial charge < -0.3 is 15.1 Å². The summed E-state index contributed by atoms with van der Waals surface area (Å²) < 4.78 is 1.74. The van der Waals surface area contributed by atoms with Gasteiger partial charge in [-0.25, -0.2) is 9.31 Å². The number of nitrogens with one attached hydrogen (secondary N) is 1. The minimum absolute atomic E-state index is 0.0204. The molecule has 4 rings (SSSR count). The number of rotatable bonds is 2. The quantitative estimate of drug-likeness (QED) is 0.910. The third kappa shape index (κ3) is 3.18. The number of anilines is 1. The summed E-state index contributed by atoms with van der Waals surface area (Å²) in [4.78, 5) is 28.8. The SMILES string of the molecule is O=C(Nc1cnn2ccccc12)C1CCN(C(=O)N2CCCC2)CC1. The Morgan fingerprint density at radius 2 is 1.76 bits per heavy atom. The average Bonchev–Trinajstić information content (AvgIpc) is 3.32. The lowest BCUT2D eigenvalue weighted by molar-refractivity contribution is -0.121. The minimum Gasteiger partial charge on any atom is -0.325 e. The van der Waals surface area contributed by atoms with Gasteiger partial charge in [0.05, 0.1) is 17.4 Å². The first-order chi connectivity index (χ1) is 12.2. The van der Waals surface area contributed by atoms with Crippen LogP contribution in [0.5, 0.6) is 0 Å². The van der Waals surface area contributed by atoms with Crippen LogP contribution in [0.25, 0.3) is 5.52 Å². The Kier molecular flexibility index (Phi) is 4.29. The first kappa shape index (κ1) is 15.9. The molecule has 0 aromatic carbocycles. The highest BCUT2D eigenvalue weighted by molar-refractivity contribution is 5.96. The Labute approximate surface area is 146 Å². The van der Waals surface area contributed by atoms with E-state index in [9.17, 15) is 9.59 Å². The number of amides is 3. The number of hydrogen-bond acceptors (Lipinski definition) is 3. The van der Waals surface area contributed by atoms with Crippen LogP contribution in [-0.4, -0.2) is 57.5 Å². The molecule has 0 radical (unpaired) electrons. The molecule has 1 N–H and O–H groups in total. The van der Waals surface area contributed by atoms with Crippen LogP contribution >= 0.6 is 0 Å². The molecule has 7 heteroatoms. The van der Waals surface area contributed by atoms with Gasteiger partial charge in [-0.3, -0.25) is 4.79 Å². The van der Waals surface area contributed by atoms with Gasteiger partial charge in [0.1, 0.15) is 0 Å². The number of hydrogen-bond donors (Lipinski definition) is 1. The second kappa shape index (κ2) is 6.74. The van der Waals surface area contributed by atoms with Crippen molar-refractivity contribution in [1.29, 1.82) is 0 Å². The minimum atomic E-state index is -0.0544. The third-order valence-corrected chi connectivity index (χ3v) is 5.20. The molecule has 7 nitrogen and oxygen atoms in total. The number of carbonyl (C=O) groups is 2. The zero-order valence-corrected chi connectivity index (χ0v) is 14.2. The van der Waals surface area contributed by atoms with E-state index in [0.29, 0.717) is 25.9 Å². The second-order valence-electron chi connectivity index (χ2n) is 6.82. The monoisotopic (exact) mass is 341 g/mol. The van der Waals surface area contributed by atoms with E-state index in [-0.39, 0.29) is 17.9 Å². The van der Waals surface area contributed by atoms with E-state index < -0.39 is 0 Å². The van der Waals surface area contributed by atoms with Crippen molar-refractivity contribution in [2.75, 3.05) is 31.5 Å². The molecule has 2 fully saturated rings. The molecular formula is C18H23N5O2. The number of likely N-dealkylation sites (tertiary alicyclic amines) is 2. The molecule has 0 bridgehead atoms. The Morgan fingerprint density at radius 3 is 2.52 bits per heavy atom. The van der Waals surface area contributed by atoms with Gasteiger partial charge in [0.2, 0.25) is 5.91 Å². The smallest absolute Gasteiger partial charge is 0.319 e. The van der Waals surface area contributed by atoms with Crippen molar-refractivity contribution in [2.45, 2.75) is 25.7 Å². The maximum Gasteiger partial charge on any atom is 0.319 e. The average molecular weight is 341 g/mol. The van der Waals surface area contributed by atoms with Gasteiger partial charge in [-0.2, -0.15) is 5.10 Å². The van der Waals surface area contributed by atoms with Crippen LogP contribution in [0.3, 0.4) is 0 Å². The van der Waals surface area contributed by atoms with Gasteiger partial charge in [0.25, 0.3) is 0 Å². The molecule has 4 heterocycles. The summed E-state index contributed by atoms with van der Waals surface area (Å²) in [7, 11) is 0. The number of aromatic nitrogens is 2. The fraction of sp³-hybridized carbons (Fsp3) is 0.500. The highest BCUT2D eigenvalue weighted by atomic mass is 16.2. The zero-order valence-electron chi connectivity index (χ0n) is 14.2. The Hall–Kier alpha value is -2.57. The summed E-state index contributed by atoms with van der Waals surface area (Å²) in [5, 5.41) is 7.24. The molecule has 2 aliphatic rings. The molecule has 25 heavy (non-hydrogen) atoms. The predicted octanol–water partition coefficient (Wildman–Crippen LogP) is 2.20. The molecule has 0 unspecified atom stereocenters. The molecule has 0 saturated carbocycles. The van der Waals surface area contributed by atoms with E-state index in [1.54, 1.807) is 10.7 Å². The van der Waals surface area contributed by atoms with Crippen molar-refractivity contribution >= 4 is 23.1 Å². The number of carbonyl (C=O) groups excluding carboxylic acids is 2. The van der Waals surface area contributed by atoms with Crippen molar-refractivity contribution in [3.8, 4) is 0 Å². The van der Waals surface area contributed by atoms with E-state index >= 15 is 0 Å². The van der Waals surface area contributed by atoms with Gasteiger partial charge in [0, 0.05) is 38.3 Å². The predicted molar refractivity (Wildman–Crippen MR) is 94.3 cm³/mol. The molecule has 132 valence electrons. The number of pyridine rings is 1. The van der Waals surface area contributed by atoms with Crippen molar-refractivity contribution < 1.29 is 9.59 Å². The summed E-state index contributed by atoms with van der Waals surface area (Å²) in [6.07, 6.45) is 7.16. The maximum atomic E-state index is 12.6. The second-order valence-corrected chi connectivity index (χ2v) is 6.82. The molecule has 0 aliphatic carbocycles. The lowest BCUT2D eigenvalue weighted by Crippen LogP contribution is -2.47. The zero-order chi connectivity index (χ0) is 17.2. The Balaban J connectivity index is 1.34.